The van der Waals surface area contributed by atoms with Crippen LogP contribution >= 0.6 is 15.9 Å². The Morgan fingerprint density at radius 2 is 2.38 bits per heavy atom. The highest BCUT2D eigenvalue weighted by Crippen LogP contribution is 2.49. The third-order valence-corrected chi connectivity index (χ3v) is 3.23. The Kier molecular flexibility index (Phi) is 2.18. The van der Waals surface area contributed by atoms with Crippen LogP contribution in [0.3, 0.4) is 0 Å². The average Bonchev–Trinajstić information content (AvgIpc) is 2.79. The van der Waals surface area contributed by atoms with Crippen LogP contribution in [-0.2, 0) is 5.54 Å². The van der Waals surface area contributed by atoms with E-state index in [4.69, 9.17) is 10.8 Å². The molecule has 1 fully saturated rings. The summed E-state index contributed by atoms with van der Waals surface area (Å²) in [5, 5.41) is 8.98. The maximum absolute atomic E-state index is 8.98. The van der Waals surface area contributed by atoms with Crippen LogP contribution < -0.4 is 5.73 Å². The van der Waals surface area contributed by atoms with Crippen LogP contribution in [0.1, 0.15) is 12.0 Å². The summed E-state index contributed by atoms with van der Waals surface area (Å²) in [5.41, 5.74) is 6.94. The van der Waals surface area contributed by atoms with Crippen LogP contribution in [0.5, 0.6) is 0 Å². The van der Waals surface area contributed by atoms with Crippen LogP contribution in [0.15, 0.2) is 28.7 Å². The highest BCUT2D eigenvalue weighted by molar-refractivity contribution is 9.10. The summed E-state index contributed by atoms with van der Waals surface area (Å²) in [6.07, 6.45) is 0.889. The summed E-state index contributed by atoms with van der Waals surface area (Å²) in [7, 11) is 0. The first kappa shape index (κ1) is 9.19. The fourth-order valence-corrected chi connectivity index (χ4v) is 2.11. The fourth-order valence-electron chi connectivity index (χ4n) is 1.71. The Morgan fingerprint density at radius 3 is 2.92 bits per heavy atom. The molecule has 1 aliphatic rings. The van der Waals surface area contributed by atoms with E-state index in [1.54, 1.807) is 0 Å². The van der Waals surface area contributed by atoms with Gasteiger partial charge in [0.1, 0.15) is 0 Å². The van der Waals surface area contributed by atoms with Crippen molar-refractivity contribution in [1.29, 1.82) is 0 Å². The first-order valence-corrected chi connectivity index (χ1v) is 5.12. The minimum atomic E-state index is -0.279. The maximum Gasteiger partial charge on any atom is 0.0480 e. The molecular weight excluding hydrogens is 230 g/mol. The van der Waals surface area contributed by atoms with E-state index < -0.39 is 0 Å². The summed E-state index contributed by atoms with van der Waals surface area (Å²) < 4.78 is 1.04. The van der Waals surface area contributed by atoms with Gasteiger partial charge in [-0.2, -0.15) is 0 Å². The zero-order valence-corrected chi connectivity index (χ0v) is 8.79. The molecule has 3 N–H and O–H groups in total. The van der Waals surface area contributed by atoms with Crippen molar-refractivity contribution in [2.75, 3.05) is 6.61 Å². The van der Waals surface area contributed by atoms with E-state index in [1.807, 2.05) is 24.3 Å². The Morgan fingerprint density at radius 1 is 1.62 bits per heavy atom. The summed E-state index contributed by atoms with van der Waals surface area (Å²) in [6.45, 7) is 0.184. The molecule has 70 valence electrons. The van der Waals surface area contributed by atoms with Crippen molar-refractivity contribution in [3.8, 4) is 0 Å². The third kappa shape index (κ3) is 1.52. The van der Waals surface area contributed by atoms with E-state index in [9.17, 15) is 0 Å². The van der Waals surface area contributed by atoms with Crippen molar-refractivity contribution in [1.82, 2.24) is 0 Å². The highest BCUT2D eigenvalue weighted by atomic mass is 79.9. The van der Waals surface area contributed by atoms with E-state index in [0.717, 1.165) is 16.5 Å². The molecule has 0 aliphatic heterocycles. The third-order valence-electron chi connectivity index (χ3n) is 2.74. The standard InChI is InChI=1S/C10H12BrNO/c11-9-3-1-2-7(4-9)10(12)5-8(10)6-13/h1-4,8,13H,5-6,12H2/t8-,10+/m0/s1. The van der Waals surface area contributed by atoms with Gasteiger partial charge in [0.05, 0.1) is 0 Å². The molecule has 0 aromatic heterocycles. The van der Waals surface area contributed by atoms with Gasteiger partial charge in [-0.3, -0.25) is 0 Å². The first-order chi connectivity index (χ1) is 6.16. The molecule has 13 heavy (non-hydrogen) atoms. The number of hydrogen-bond acceptors (Lipinski definition) is 2. The molecule has 3 heteroatoms. The van der Waals surface area contributed by atoms with E-state index >= 15 is 0 Å². The molecule has 2 nitrogen and oxygen atoms in total. The summed E-state index contributed by atoms with van der Waals surface area (Å²) >= 11 is 3.41. The van der Waals surface area contributed by atoms with Crippen molar-refractivity contribution in [3.05, 3.63) is 34.3 Å². The molecule has 0 unspecified atom stereocenters. The molecule has 1 aromatic carbocycles. The van der Waals surface area contributed by atoms with Crippen molar-refractivity contribution < 1.29 is 5.11 Å². The maximum atomic E-state index is 8.98. The van der Waals surface area contributed by atoms with Gasteiger partial charge < -0.3 is 10.8 Å². The Bertz CT molecular complexity index is 328. The topological polar surface area (TPSA) is 46.2 Å². The quantitative estimate of drug-likeness (QED) is 0.827. The van der Waals surface area contributed by atoms with Gasteiger partial charge in [0.2, 0.25) is 0 Å². The van der Waals surface area contributed by atoms with Gasteiger partial charge >= 0.3 is 0 Å². The van der Waals surface area contributed by atoms with Crippen LogP contribution in [0.4, 0.5) is 0 Å². The van der Waals surface area contributed by atoms with Gasteiger partial charge in [0.15, 0.2) is 0 Å². The Hall–Kier alpha value is -0.380. The van der Waals surface area contributed by atoms with Crippen molar-refractivity contribution in [3.63, 3.8) is 0 Å². The zero-order valence-electron chi connectivity index (χ0n) is 7.20. The van der Waals surface area contributed by atoms with Crippen LogP contribution in [0.2, 0.25) is 0 Å². The monoisotopic (exact) mass is 241 g/mol. The lowest BCUT2D eigenvalue weighted by atomic mass is 10.0. The van der Waals surface area contributed by atoms with Crippen molar-refractivity contribution in [2.24, 2.45) is 11.7 Å². The summed E-state index contributed by atoms with van der Waals surface area (Å²) in [4.78, 5) is 0. The number of nitrogens with two attached hydrogens (primary N) is 1. The predicted molar refractivity (Wildman–Crippen MR) is 55.2 cm³/mol. The lowest BCUT2D eigenvalue weighted by Gasteiger charge is -2.11. The molecule has 0 radical (unpaired) electrons. The molecule has 1 aromatic rings. The molecular formula is C10H12BrNO. The summed E-state index contributed by atoms with van der Waals surface area (Å²) in [5.74, 6) is 0.238. The molecule has 0 spiro atoms. The van der Waals surface area contributed by atoms with Crippen LogP contribution in [0.25, 0.3) is 0 Å². The Balaban J connectivity index is 2.27. The predicted octanol–water partition coefficient (Wildman–Crippen LogP) is 1.62. The SMILES string of the molecule is N[C@@]1(c2cccc(Br)c2)C[C@H]1CO. The van der Waals surface area contributed by atoms with Gasteiger partial charge in [-0.25, -0.2) is 0 Å². The smallest absolute Gasteiger partial charge is 0.0480 e. The van der Waals surface area contributed by atoms with Crippen LogP contribution in [0, 0.1) is 5.92 Å². The Labute approximate surface area is 85.9 Å². The van der Waals surface area contributed by atoms with Gasteiger partial charge in [-0.05, 0) is 24.1 Å². The lowest BCUT2D eigenvalue weighted by molar-refractivity contribution is 0.264. The molecule has 0 bridgehead atoms. The molecule has 0 amide bonds. The molecule has 0 saturated heterocycles. The van der Waals surface area contributed by atoms with Crippen LogP contribution in [-0.4, -0.2) is 11.7 Å². The second kappa shape index (κ2) is 3.08. The largest absolute Gasteiger partial charge is 0.396 e. The van der Waals surface area contributed by atoms with E-state index in [2.05, 4.69) is 15.9 Å². The molecule has 1 saturated carbocycles. The van der Waals surface area contributed by atoms with Gasteiger partial charge in [-0.15, -0.1) is 0 Å². The van der Waals surface area contributed by atoms with Gasteiger partial charge in [-0.1, -0.05) is 28.1 Å². The minimum absolute atomic E-state index is 0.184. The number of benzene rings is 1. The number of rotatable bonds is 2. The molecule has 2 atom stereocenters. The lowest BCUT2D eigenvalue weighted by Crippen LogP contribution is -2.23. The first-order valence-electron chi connectivity index (χ1n) is 4.32. The van der Waals surface area contributed by atoms with E-state index in [0.29, 0.717) is 0 Å². The fraction of sp³-hybridized carbons (Fsp3) is 0.400. The normalized spacial score (nSPS) is 31.8. The molecule has 2 rings (SSSR count). The van der Waals surface area contributed by atoms with E-state index in [-0.39, 0.29) is 18.1 Å². The number of aliphatic hydroxyl groups excluding tert-OH is 1. The van der Waals surface area contributed by atoms with Gasteiger partial charge in [0.25, 0.3) is 0 Å². The average molecular weight is 242 g/mol. The van der Waals surface area contributed by atoms with Crippen molar-refractivity contribution in [2.45, 2.75) is 12.0 Å². The second-order valence-corrected chi connectivity index (χ2v) is 4.55. The number of hydrogen-bond donors (Lipinski definition) is 2. The van der Waals surface area contributed by atoms with Gasteiger partial charge in [0, 0.05) is 22.5 Å². The number of aliphatic hydroxyl groups is 1. The molecule has 0 heterocycles. The number of halogens is 1. The molecule has 1 aliphatic carbocycles. The second-order valence-electron chi connectivity index (χ2n) is 3.63. The minimum Gasteiger partial charge on any atom is -0.396 e. The summed E-state index contributed by atoms with van der Waals surface area (Å²) in [6, 6.07) is 7.99. The van der Waals surface area contributed by atoms with Crippen molar-refractivity contribution >= 4 is 15.9 Å². The van der Waals surface area contributed by atoms with E-state index in [1.165, 1.54) is 0 Å². The highest BCUT2D eigenvalue weighted by Gasteiger charge is 2.51. The zero-order chi connectivity index (χ0) is 9.47.